The number of aryl methyl sites for hydroxylation is 1. The summed E-state index contributed by atoms with van der Waals surface area (Å²) >= 11 is 0. The molecule has 78 valence electrons. The molecular formula is C11H18N2O. The molecule has 1 N–H and O–H groups in total. The number of aromatic amines is 1. The summed E-state index contributed by atoms with van der Waals surface area (Å²) in [5.74, 6) is 0. The average molecular weight is 194 g/mol. The standard InChI is InChI=1S/C11H18N2O/c1-2-5-9-8-11(14)13(12-9)10-6-3-4-7-10/h8,10,12H,2-7H2,1H3. The summed E-state index contributed by atoms with van der Waals surface area (Å²) in [6.45, 7) is 2.13. The zero-order valence-corrected chi connectivity index (χ0v) is 8.75. The van der Waals surface area contributed by atoms with Crippen LogP contribution in [0.1, 0.15) is 50.8 Å². The highest BCUT2D eigenvalue weighted by molar-refractivity contribution is 5.00. The average Bonchev–Trinajstić information content (AvgIpc) is 2.74. The second kappa shape index (κ2) is 4.03. The van der Waals surface area contributed by atoms with Crippen molar-refractivity contribution in [2.24, 2.45) is 0 Å². The molecule has 0 bridgehead atoms. The van der Waals surface area contributed by atoms with Crippen molar-refractivity contribution in [1.82, 2.24) is 9.78 Å². The highest BCUT2D eigenvalue weighted by Crippen LogP contribution is 2.27. The third-order valence-corrected chi connectivity index (χ3v) is 3.01. The first kappa shape index (κ1) is 9.56. The molecule has 1 saturated carbocycles. The first-order valence-electron chi connectivity index (χ1n) is 5.61. The van der Waals surface area contributed by atoms with Gasteiger partial charge in [-0.15, -0.1) is 0 Å². The van der Waals surface area contributed by atoms with Gasteiger partial charge in [0.1, 0.15) is 0 Å². The van der Waals surface area contributed by atoms with Gasteiger partial charge in [0.2, 0.25) is 0 Å². The van der Waals surface area contributed by atoms with Gasteiger partial charge in [-0.25, -0.2) is 4.68 Å². The Morgan fingerprint density at radius 2 is 2.21 bits per heavy atom. The van der Waals surface area contributed by atoms with Crippen LogP contribution in [0.15, 0.2) is 10.9 Å². The molecule has 0 aromatic carbocycles. The third-order valence-electron chi connectivity index (χ3n) is 3.01. The molecule has 0 radical (unpaired) electrons. The molecule has 0 saturated heterocycles. The van der Waals surface area contributed by atoms with Crippen LogP contribution < -0.4 is 5.56 Å². The zero-order chi connectivity index (χ0) is 9.97. The van der Waals surface area contributed by atoms with Gasteiger partial charge >= 0.3 is 0 Å². The fourth-order valence-corrected chi connectivity index (χ4v) is 2.29. The lowest BCUT2D eigenvalue weighted by molar-refractivity contribution is 0.450. The van der Waals surface area contributed by atoms with E-state index in [0.29, 0.717) is 6.04 Å². The summed E-state index contributed by atoms with van der Waals surface area (Å²) in [6, 6.07) is 2.19. The fourth-order valence-electron chi connectivity index (χ4n) is 2.29. The monoisotopic (exact) mass is 194 g/mol. The number of H-pyrrole nitrogens is 1. The Labute approximate surface area is 84.1 Å². The third kappa shape index (κ3) is 1.76. The van der Waals surface area contributed by atoms with Crippen molar-refractivity contribution >= 4 is 0 Å². The van der Waals surface area contributed by atoms with Crippen LogP contribution in [0.2, 0.25) is 0 Å². The topological polar surface area (TPSA) is 37.8 Å². The lowest BCUT2D eigenvalue weighted by atomic mass is 10.2. The van der Waals surface area contributed by atoms with Gasteiger partial charge in [0, 0.05) is 11.8 Å². The predicted molar refractivity (Wildman–Crippen MR) is 56.6 cm³/mol. The maximum absolute atomic E-state index is 11.6. The molecule has 1 aliphatic carbocycles. The molecule has 0 spiro atoms. The maximum atomic E-state index is 11.6. The Hall–Kier alpha value is -0.990. The molecule has 3 nitrogen and oxygen atoms in total. The predicted octanol–water partition coefficient (Wildman–Crippen LogP) is 2.24. The lowest BCUT2D eigenvalue weighted by Crippen LogP contribution is -2.19. The highest BCUT2D eigenvalue weighted by Gasteiger charge is 2.18. The first-order valence-corrected chi connectivity index (χ1v) is 5.61. The van der Waals surface area contributed by atoms with Gasteiger partial charge in [-0.3, -0.25) is 9.89 Å². The Morgan fingerprint density at radius 3 is 2.86 bits per heavy atom. The summed E-state index contributed by atoms with van der Waals surface area (Å²) in [5.41, 5.74) is 1.24. The van der Waals surface area contributed by atoms with E-state index in [0.717, 1.165) is 31.4 Å². The molecule has 0 aliphatic heterocycles. The molecule has 0 atom stereocenters. The van der Waals surface area contributed by atoms with Crippen molar-refractivity contribution in [1.29, 1.82) is 0 Å². The van der Waals surface area contributed by atoms with Crippen LogP contribution in [0.5, 0.6) is 0 Å². The highest BCUT2D eigenvalue weighted by atomic mass is 16.1. The van der Waals surface area contributed by atoms with E-state index in [1.54, 1.807) is 6.07 Å². The van der Waals surface area contributed by atoms with Crippen molar-refractivity contribution < 1.29 is 0 Å². The van der Waals surface area contributed by atoms with Crippen LogP contribution in [-0.4, -0.2) is 9.78 Å². The lowest BCUT2D eigenvalue weighted by Gasteiger charge is -2.09. The first-order chi connectivity index (χ1) is 6.81. The Balaban J connectivity index is 2.20. The maximum Gasteiger partial charge on any atom is 0.266 e. The molecule has 2 rings (SSSR count). The molecule has 1 aromatic rings. The molecule has 1 aromatic heterocycles. The number of nitrogens with zero attached hydrogens (tertiary/aromatic N) is 1. The van der Waals surface area contributed by atoms with Crippen LogP contribution >= 0.6 is 0 Å². The molecule has 3 heteroatoms. The Morgan fingerprint density at radius 1 is 1.50 bits per heavy atom. The summed E-state index contributed by atoms with van der Waals surface area (Å²) in [4.78, 5) is 11.6. The number of hydrogen-bond acceptors (Lipinski definition) is 1. The van der Waals surface area contributed by atoms with Gasteiger partial charge in [-0.1, -0.05) is 26.2 Å². The minimum Gasteiger partial charge on any atom is -0.299 e. The van der Waals surface area contributed by atoms with Gasteiger partial charge in [0.25, 0.3) is 5.56 Å². The van der Waals surface area contributed by atoms with Gasteiger partial charge in [0.15, 0.2) is 0 Å². The molecule has 0 amide bonds. The van der Waals surface area contributed by atoms with Crippen molar-refractivity contribution in [3.63, 3.8) is 0 Å². The molecule has 1 fully saturated rings. The van der Waals surface area contributed by atoms with Crippen LogP contribution in [-0.2, 0) is 6.42 Å². The zero-order valence-electron chi connectivity index (χ0n) is 8.75. The largest absolute Gasteiger partial charge is 0.299 e. The quantitative estimate of drug-likeness (QED) is 0.787. The van der Waals surface area contributed by atoms with E-state index in [1.165, 1.54) is 12.8 Å². The Kier molecular flexibility index (Phi) is 2.75. The smallest absolute Gasteiger partial charge is 0.266 e. The molecule has 1 heterocycles. The van der Waals surface area contributed by atoms with Crippen molar-refractivity contribution in [3.8, 4) is 0 Å². The van der Waals surface area contributed by atoms with Crippen LogP contribution in [0.25, 0.3) is 0 Å². The summed E-state index contributed by atoms with van der Waals surface area (Å²) < 4.78 is 1.83. The minimum absolute atomic E-state index is 0.153. The summed E-state index contributed by atoms with van der Waals surface area (Å²) in [5, 5.41) is 3.23. The second-order valence-electron chi connectivity index (χ2n) is 4.18. The molecule has 0 unspecified atom stereocenters. The van der Waals surface area contributed by atoms with Gasteiger partial charge in [-0.05, 0) is 19.3 Å². The van der Waals surface area contributed by atoms with E-state index >= 15 is 0 Å². The van der Waals surface area contributed by atoms with Crippen molar-refractivity contribution in [2.75, 3.05) is 0 Å². The Bertz CT molecular complexity index is 344. The van der Waals surface area contributed by atoms with Crippen LogP contribution in [0, 0.1) is 0 Å². The van der Waals surface area contributed by atoms with E-state index in [4.69, 9.17) is 0 Å². The number of rotatable bonds is 3. The van der Waals surface area contributed by atoms with E-state index in [1.807, 2.05) is 4.68 Å². The van der Waals surface area contributed by atoms with Gasteiger partial charge < -0.3 is 0 Å². The minimum atomic E-state index is 0.153. The fraction of sp³-hybridized carbons (Fsp3) is 0.727. The van der Waals surface area contributed by atoms with E-state index < -0.39 is 0 Å². The molecule has 14 heavy (non-hydrogen) atoms. The number of hydrogen-bond donors (Lipinski definition) is 1. The van der Waals surface area contributed by atoms with Crippen molar-refractivity contribution in [3.05, 3.63) is 22.1 Å². The number of nitrogens with one attached hydrogen (secondary N) is 1. The van der Waals surface area contributed by atoms with Gasteiger partial charge in [0.05, 0.1) is 6.04 Å². The molecule has 1 aliphatic rings. The second-order valence-corrected chi connectivity index (χ2v) is 4.18. The summed E-state index contributed by atoms with van der Waals surface area (Å²) in [7, 11) is 0. The van der Waals surface area contributed by atoms with E-state index in [9.17, 15) is 4.79 Å². The number of aromatic nitrogens is 2. The van der Waals surface area contributed by atoms with Crippen LogP contribution in [0.4, 0.5) is 0 Å². The van der Waals surface area contributed by atoms with Crippen LogP contribution in [0.3, 0.4) is 0 Å². The van der Waals surface area contributed by atoms with Crippen molar-refractivity contribution in [2.45, 2.75) is 51.5 Å². The summed E-state index contributed by atoms with van der Waals surface area (Å²) in [6.07, 6.45) is 6.91. The molecular weight excluding hydrogens is 176 g/mol. The van der Waals surface area contributed by atoms with E-state index in [-0.39, 0.29) is 5.56 Å². The SMILES string of the molecule is CCCc1cc(=O)n(C2CCCC2)[nH]1. The van der Waals surface area contributed by atoms with Gasteiger partial charge in [-0.2, -0.15) is 0 Å². The normalized spacial score (nSPS) is 17.8. The van der Waals surface area contributed by atoms with E-state index in [2.05, 4.69) is 12.0 Å².